The van der Waals surface area contributed by atoms with E-state index in [1.54, 1.807) is 0 Å². The van der Waals surface area contributed by atoms with Gasteiger partial charge in [0.05, 0.1) is 6.20 Å². The molecule has 1 fully saturated rings. The molecule has 2 N–H and O–H groups in total. The van der Waals surface area contributed by atoms with Crippen molar-refractivity contribution in [2.75, 3.05) is 24.7 Å². The molecule has 1 saturated heterocycles. The van der Waals surface area contributed by atoms with E-state index in [1.165, 1.54) is 0 Å². The van der Waals surface area contributed by atoms with Gasteiger partial charge in [-0.25, -0.2) is 4.68 Å². The summed E-state index contributed by atoms with van der Waals surface area (Å²) in [7, 11) is 0. The number of benzene rings is 2. The molecule has 0 aliphatic carbocycles. The van der Waals surface area contributed by atoms with E-state index in [-0.39, 0.29) is 24.1 Å². The van der Waals surface area contributed by atoms with E-state index in [0.29, 0.717) is 17.2 Å². The maximum absolute atomic E-state index is 13.8. The molecule has 5 rings (SSSR count). The van der Waals surface area contributed by atoms with E-state index >= 15 is 0 Å². The lowest BCUT2D eigenvalue weighted by molar-refractivity contribution is 0.0846. The van der Waals surface area contributed by atoms with Gasteiger partial charge >= 0.3 is 0 Å². The molecule has 226 valence electrons. The first-order valence-electron chi connectivity index (χ1n) is 15.2. The van der Waals surface area contributed by atoms with Crippen molar-refractivity contribution < 1.29 is 9.53 Å². The molecule has 9 heteroatoms. The molecule has 43 heavy (non-hydrogen) atoms. The number of hydrogen-bond acceptors (Lipinski definition) is 6. The van der Waals surface area contributed by atoms with E-state index in [1.807, 2.05) is 55.9 Å². The maximum Gasteiger partial charge on any atom is 0.253 e. The predicted molar refractivity (Wildman–Crippen MR) is 171 cm³/mol. The van der Waals surface area contributed by atoms with Crippen LogP contribution in [0.2, 0.25) is 0 Å². The van der Waals surface area contributed by atoms with Crippen molar-refractivity contribution in [1.29, 1.82) is 0 Å². The fourth-order valence-corrected chi connectivity index (χ4v) is 5.88. The second-order valence-corrected chi connectivity index (χ2v) is 11.7. The molecule has 3 heterocycles. The first-order chi connectivity index (χ1) is 20.7. The van der Waals surface area contributed by atoms with Gasteiger partial charge in [-0.3, -0.25) is 9.59 Å². The Labute approximate surface area is 253 Å². The zero-order valence-electron chi connectivity index (χ0n) is 26.0. The van der Waals surface area contributed by atoms with Crippen molar-refractivity contribution in [3.05, 3.63) is 87.0 Å². The lowest BCUT2D eigenvalue weighted by Gasteiger charge is -2.37. The number of hydrogen-bond donors (Lipinski definition) is 2. The number of carbonyl (C=O) groups is 1. The molecule has 1 aliphatic rings. The minimum absolute atomic E-state index is 0.155. The highest BCUT2D eigenvalue weighted by molar-refractivity contribution is 5.99. The molecular weight excluding hydrogens is 540 g/mol. The van der Waals surface area contributed by atoms with Crippen LogP contribution >= 0.6 is 0 Å². The monoisotopic (exact) mass is 582 g/mol. The number of anilines is 1. The molecule has 4 aromatic rings. The van der Waals surface area contributed by atoms with Gasteiger partial charge in [-0.1, -0.05) is 29.5 Å². The van der Waals surface area contributed by atoms with E-state index in [2.05, 4.69) is 64.5 Å². The number of pyridine rings is 1. The molecule has 0 radical (unpaired) electrons. The van der Waals surface area contributed by atoms with Crippen LogP contribution in [0.25, 0.3) is 22.4 Å². The summed E-state index contributed by atoms with van der Waals surface area (Å²) >= 11 is 0. The number of carbonyl (C=O) groups excluding carboxylic acids is 1. The summed E-state index contributed by atoms with van der Waals surface area (Å²) in [6, 6.07) is 14.9. The second-order valence-electron chi connectivity index (χ2n) is 11.7. The van der Waals surface area contributed by atoms with Crippen LogP contribution in [0.1, 0.15) is 72.4 Å². The van der Waals surface area contributed by atoms with E-state index in [0.717, 1.165) is 77.5 Å². The van der Waals surface area contributed by atoms with Crippen molar-refractivity contribution in [2.24, 2.45) is 0 Å². The van der Waals surface area contributed by atoms with Gasteiger partial charge in [0, 0.05) is 66.5 Å². The number of aromatic amines is 1. The molecule has 0 bridgehead atoms. The highest BCUT2D eigenvalue weighted by Gasteiger charge is 2.25. The number of nitrogens with zero attached hydrogens (tertiary/aromatic N) is 4. The van der Waals surface area contributed by atoms with Crippen molar-refractivity contribution in [2.45, 2.75) is 73.0 Å². The first kappa shape index (κ1) is 30.2. The Balaban J connectivity index is 1.51. The van der Waals surface area contributed by atoms with Crippen molar-refractivity contribution in [1.82, 2.24) is 25.3 Å². The van der Waals surface area contributed by atoms with Gasteiger partial charge in [0.2, 0.25) is 0 Å². The maximum atomic E-state index is 13.8. The number of aryl methyl sites for hydroxylation is 2. The smallest absolute Gasteiger partial charge is 0.253 e. The molecule has 1 aliphatic heterocycles. The Morgan fingerprint density at radius 2 is 1.77 bits per heavy atom. The molecule has 0 saturated carbocycles. The van der Waals surface area contributed by atoms with Crippen LogP contribution in [0, 0.1) is 20.8 Å². The van der Waals surface area contributed by atoms with Gasteiger partial charge < -0.3 is 19.9 Å². The number of ether oxygens (including phenoxy) is 1. The quantitative estimate of drug-likeness (QED) is 0.261. The van der Waals surface area contributed by atoms with Crippen molar-refractivity contribution >= 4 is 11.6 Å². The van der Waals surface area contributed by atoms with Crippen LogP contribution in [-0.2, 0) is 11.3 Å². The van der Waals surface area contributed by atoms with Gasteiger partial charge in [0.15, 0.2) is 0 Å². The standard InChI is InChI=1S/C34H42N6O3/c1-7-39(28-12-14-43-15-13-28)32-18-27(25-8-10-26(11-9-25)31-20-40(21(2)3)38-37-31)17-29(24(32)6)33(41)35-19-30-22(4)16-23(5)36-34(30)42/h8-11,16-18,20-21,28H,7,12-15,19H2,1-6H3,(H,35,41)(H,36,42). The Morgan fingerprint density at radius 1 is 1.07 bits per heavy atom. The average Bonchev–Trinajstić information content (AvgIpc) is 3.49. The van der Waals surface area contributed by atoms with E-state index < -0.39 is 0 Å². The molecule has 1 amide bonds. The lowest BCUT2D eigenvalue weighted by atomic mass is 9.94. The fraction of sp³-hybridized carbons (Fsp3) is 0.412. The zero-order chi connectivity index (χ0) is 30.7. The zero-order valence-corrected chi connectivity index (χ0v) is 26.0. The summed E-state index contributed by atoms with van der Waals surface area (Å²) in [4.78, 5) is 31.6. The summed E-state index contributed by atoms with van der Waals surface area (Å²) in [6.45, 7) is 14.5. The Morgan fingerprint density at radius 3 is 2.40 bits per heavy atom. The molecular formula is C34H42N6O3. The van der Waals surface area contributed by atoms with Crippen LogP contribution < -0.4 is 15.8 Å². The number of amides is 1. The second kappa shape index (κ2) is 13.0. The Kier molecular flexibility index (Phi) is 9.11. The third-order valence-corrected chi connectivity index (χ3v) is 8.38. The predicted octanol–water partition coefficient (Wildman–Crippen LogP) is 5.74. The number of rotatable bonds is 9. The van der Waals surface area contributed by atoms with E-state index in [4.69, 9.17) is 4.74 Å². The van der Waals surface area contributed by atoms with Crippen LogP contribution in [0.5, 0.6) is 0 Å². The third-order valence-electron chi connectivity index (χ3n) is 8.38. The largest absolute Gasteiger partial charge is 0.381 e. The highest BCUT2D eigenvalue weighted by atomic mass is 16.5. The number of nitrogens with one attached hydrogen (secondary N) is 2. The minimum Gasteiger partial charge on any atom is -0.381 e. The first-order valence-corrected chi connectivity index (χ1v) is 15.2. The summed E-state index contributed by atoms with van der Waals surface area (Å²) in [5, 5.41) is 11.6. The van der Waals surface area contributed by atoms with Crippen LogP contribution in [0.4, 0.5) is 5.69 Å². The average molecular weight is 583 g/mol. The fourth-order valence-electron chi connectivity index (χ4n) is 5.88. The van der Waals surface area contributed by atoms with Crippen LogP contribution in [-0.4, -0.2) is 51.7 Å². The third kappa shape index (κ3) is 6.57. The van der Waals surface area contributed by atoms with E-state index in [9.17, 15) is 9.59 Å². The van der Waals surface area contributed by atoms with Crippen molar-refractivity contribution in [3.63, 3.8) is 0 Å². The summed E-state index contributed by atoms with van der Waals surface area (Å²) in [5.41, 5.74) is 8.39. The topological polar surface area (TPSA) is 105 Å². The highest BCUT2D eigenvalue weighted by Crippen LogP contribution is 2.34. The van der Waals surface area contributed by atoms with Crippen molar-refractivity contribution in [3.8, 4) is 22.4 Å². The molecule has 0 spiro atoms. The summed E-state index contributed by atoms with van der Waals surface area (Å²) in [6.07, 6.45) is 3.85. The van der Waals surface area contributed by atoms with Gasteiger partial charge in [0.1, 0.15) is 5.69 Å². The molecule has 0 atom stereocenters. The molecule has 2 aromatic carbocycles. The summed E-state index contributed by atoms with van der Waals surface area (Å²) in [5.74, 6) is -0.204. The normalized spacial score (nSPS) is 13.8. The Bertz CT molecular complexity index is 1650. The van der Waals surface area contributed by atoms with Gasteiger partial charge in [-0.05, 0) is 94.8 Å². The molecule has 2 aromatic heterocycles. The van der Waals surface area contributed by atoms with Gasteiger partial charge in [0.25, 0.3) is 11.5 Å². The molecule has 9 nitrogen and oxygen atoms in total. The lowest BCUT2D eigenvalue weighted by Crippen LogP contribution is -2.40. The summed E-state index contributed by atoms with van der Waals surface area (Å²) < 4.78 is 7.50. The Hall–Kier alpha value is -4.24. The minimum atomic E-state index is -0.204. The molecule has 0 unspecified atom stereocenters. The van der Waals surface area contributed by atoms with Crippen LogP contribution in [0.15, 0.2) is 53.5 Å². The van der Waals surface area contributed by atoms with Crippen LogP contribution in [0.3, 0.4) is 0 Å². The number of aromatic nitrogens is 4. The van der Waals surface area contributed by atoms with Gasteiger partial charge in [-0.15, -0.1) is 5.10 Å². The van der Waals surface area contributed by atoms with Gasteiger partial charge in [-0.2, -0.15) is 0 Å². The number of H-pyrrole nitrogens is 1. The SMILES string of the molecule is CCN(c1cc(-c2ccc(-c3cn(C(C)C)nn3)cc2)cc(C(=O)NCc2c(C)cc(C)[nH]c2=O)c1C)C1CCOCC1.